The Kier molecular flexibility index (Phi) is 6.98. The fraction of sp³-hybridized carbons (Fsp3) is 1.00. The van der Waals surface area contributed by atoms with Gasteiger partial charge >= 0.3 is 0 Å². The molecule has 1 rings (SSSR count). The molecule has 0 amide bonds. The highest BCUT2D eigenvalue weighted by Crippen LogP contribution is 2.12. The quantitative estimate of drug-likeness (QED) is 0.675. The van der Waals surface area contributed by atoms with Crippen molar-refractivity contribution in [2.24, 2.45) is 11.8 Å². The van der Waals surface area contributed by atoms with E-state index in [1.54, 1.807) is 0 Å². The maximum Gasteiger partial charge on any atom is 0.0506 e. The van der Waals surface area contributed by atoms with Gasteiger partial charge in [0, 0.05) is 19.8 Å². The van der Waals surface area contributed by atoms with Crippen LogP contribution in [0.4, 0.5) is 0 Å². The first-order chi connectivity index (χ1) is 7.36. The van der Waals surface area contributed by atoms with Gasteiger partial charge in [-0.3, -0.25) is 0 Å². The molecule has 1 aliphatic rings. The lowest BCUT2D eigenvalue weighted by Crippen LogP contribution is -2.32. The molecule has 2 unspecified atom stereocenters. The molecule has 0 aromatic rings. The van der Waals surface area contributed by atoms with Gasteiger partial charge in [0.05, 0.1) is 6.61 Å². The summed E-state index contributed by atoms with van der Waals surface area (Å²) >= 11 is 0. The van der Waals surface area contributed by atoms with E-state index in [4.69, 9.17) is 9.84 Å². The lowest BCUT2D eigenvalue weighted by Gasteiger charge is -2.23. The second-order valence-electron chi connectivity index (χ2n) is 4.53. The lowest BCUT2D eigenvalue weighted by atomic mass is 10.0. The minimum Gasteiger partial charge on any atom is -0.396 e. The molecule has 0 aromatic heterocycles. The van der Waals surface area contributed by atoms with Crippen LogP contribution in [0.1, 0.15) is 32.6 Å². The van der Waals surface area contributed by atoms with Crippen molar-refractivity contribution in [3.8, 4) is 0 Å². The van der Waals surface area contributed by atoms with Gasteiger partial charge in [-0.2, -0.15) is 0 Å². The molecule has 90 valence electrons. The first kappa shape index (κ1) is 12.9. The number of ether oxygens (including phenoxy) is 1. The lowest BCUT2D eigenvalue weighted by molar-refractivity contribution is 0.0544. The molecule has 0 radical (unpaired) electrons. The molecule has 2 atom stereocenters. The first-order valence-corrected chi connectivity index (χ1v) is 6.26. The predicted octanol–water partition coefficient (Wildman–Crippen LogP) is 1.41. The molecule has 15 heavy (non-hydrogen) atoms. The van der Waals surface area contributed by atoms with Gasteiger partial charge in [-0.25, -0.2) is 0 Å². The Morgan fingerprint density at radius 1 is 1.53 bits per heavy atom. The second kappa shape index (κ2) is 8.08. The fourth-order valence-electron chi connectivity index (χ4n) is 2.09. The number of hydrogen-bond acceptors (Lipinski definition) is 3. The summed E-state index contributed by atoms with van der Waals surface area (Å²) in [6.07, 6.45) is 4.57. The Labute approximate surface area is 93.2 Å². The number of hydrogen-bond donors (Lipinski definition) is 2. The second-order valence-corrected chi connectivity index (χ2v) is 4.53. The van der Waals surface area contributed by atoms with Crippen LogP contribution in [0.3, 0.4) is 0 Å². The summed E-state index contributed by atoms with van der Waals surface area (Å²) in [4.78, 5) is 0. The maximum atomic E-state index is 8.87. The van der Waals surface area contributed by atoms with Crippen molar-refractivity contribution in [3.05, 3.63) is 0 Å². The SMILES string of the molecule is CCC(CCO)CNCC1CCCOC1. The van der Waals surface area contributed by atoms with Crippen molar-refractivity contribution in [1.82, 2.24) is 5.32 Å². The van der Waals surface area contributed by atoms with E-state index in [2.05, 4.69) is 12.2 Å². The summed E-state index contributed by atoms with van der Waals surface area (Å²) in [5, 5.41) is 12.4. The van der Waals surface area contributed by atoms with Crippen molar-refractivity contribution in [2.75, 3.05) is 32.9 Å². The van der Waals surface area contributed by atoms with Gasteiger partial charge in [0.1, 0.15) is 0 Å². The summed E-state index contributed by atoms with van der Waals surface area (Å²) in [7, 11) is 0. The minimum atomic E-state index is 0.312. The van der Waals surface area contributed by atoms with E-state index in [1.807, 2.05) is 0 Å². The van der Waals surface area contributed by atoms with Crippen molar-refractivity contribution < 1.29 is 9.84 Å². The highest BCUT2D eigenvalue weighted by atomic mass is 16.5. The van der Waals surface area contributed by atoms with Crippen molar-refractivity contribution in [3.63, 3.8) is 0 Å². The van der Waals surface area contributed by atoms with Crippen molar-refractivity contribution in [2.45, 2.75) is 32.6 Å². The van der Waals surface area contributed by atoms with Crippen LogP contribution in [0.25, 0.3) is 0 Å². The van der Waals surface area contributed by atoms with Gasteiger partial charge in [0.2, 0.25) is 0 Å². The smallest absolute Gasteiger partial charge is 0.0506 e. The minimum absolute atomic E-state index is 0.312. The zero-order valence-corrected chi connectivity index (χ0v) is 9.87. The van der Waals surface area contributed by atoms with Crippen LogP contribution in [0.5, 0.6) is 0 Å². The Bertz CT molecular complexity index is 142. The van der Waals surface area contributed by atoms with E-state index in [-0.39, 0.29) is 0 Å². The van der Waals surface area contributed by atoms with Crippen LogP contribution in [0.15, 0.2) is 0 Å². The standard InChI is InChI=1S/C12H25NO2/c1-2-11(5-6-14)8-13-9-12-4-3-7-15-10-12/h11-14H,2-10H2,1H3. The molecular formula is C12H25NO2. The van der Waals surface area contributed by atoms with Gasteiger partial charge in [0.15, 0.2) is 0 Å². The average Bonchev–Trinajstić information content (AvgIpc) is 2.29. The summed E-state index contributed by atoms with van der Waals surface area (Å²) < 4.78 is 5.43. The number of aliphatic hydroxyl groups is 1. The van der Waals surface area contributed by atoms with Gasteiger partial charge in [0.25, 0.3) is 0 Å². The third-order valence-electron chi connectivity index (χ3n) is 3.24. The summed E-state index contributed by atoms with van der Waals surface area (Å²) in [6.45, 7) is 6.47. The average molecular weight is 215 g/mol. The molecule has 1 saturated heterocycles. The molecule has 0 spiro atoms. The van der Waals surface area contributed by atoms with Crippen molar-refractivity contribution in [1.29, 1.82) is 0 Å². The largest absolute Gasteiger partial charge is 0.396 e. The molecular weight excluding hydrogens is 190 g/mol. The number of nitrogens with one attached hydrogen (secondary N) is 1. The Balaban J connectivity index is 2.03. The fourth-order valence-corrected chi connectivity index (χ4v) is 2.09. The van der Waals surface area contributed by atoms with Gasteiger partial charge in [-0.15, -0.1) is 0 Å². The Hall–Kier alpha value is -0.120. The van der Waals surface area contributed by atoms with Crippen LogP contribution in [-0.4, -0.2) is 38.0 Å². The normalized spacial score (nSPS) is 24.0. The van der Waals surface area contributed by atoms with E-state index in [1.165, 1.54) is 12.8 Å². The zero-order chi connectivity index (χ0) is 10.9. The van der Waals surface area contributed by atoms with Crippen LogP contribution < -0.4 is 5.32 Å². The van der Waals surface area contributed by atoms with E-state index in [0.717, 1.165) is 39.1 Å². The molecule has 1 heterocycles. The highest BCUT2D eigenvalue weighted by molar-refractivity contribution is 4.67. The third kappa shape index (κ3) is 5.50. The van der Waals surface area contributed by atoms with Crippen LogP contribution in [0, 0.1) is 11.8 Å². The maximum absolute atomic E-state index is 8.87. The van der Waals surface area contributed by atoms with E-state index in [9.17, 15) is 0 Å². The van der Waals surface area contributed by atoms with Crippen LogP contribution in [0.2, 0.25) is 0 Å². The van der Waals surface area contributed by atoms with E-state index >= 15 is 0 Å². The molecule has 0 saturated carbocycles. The number of aliphatic hydroxyl groups excluding tert-OH is 1. The number of rotatable bonds is 7. The molecule has 1 aliphatic heterocycles. The summed E-state index contributed by atoms with van der Waals surface area (Å²) in [6, 6.07) is 0. The first-order valence-electron chi connectivity index (χ1n) is 6.26. The molecule has 1 fully saturated rings. The molecule has 0 aliphatic carbocycles. The Morgan fingerprint density at radius 3 is 3.00 bits per heavy atom. The summed E-state index contributed by atoms with van der Waals surface area (Å²) in [5.74, 6) is 1.32. The van der Waals surface area contributed by atoms with Gasteiger partial charge in [-0.05, 0) is 37.6 Å². The molecule has 0 bridgehead atoms. The summed E-state index contributed by atoms with van der Waals surface area (Å²) in [5.41, 5.74) is 0. The third-order valence-corrected chi connectivity index (χ3v) is 3.24. The topological polar surface area (TPSA) is 41.5 Å². The van der Waals surface area contributed by atoms with Crippen LogP contribution in [-0.2, 0) is 4.74 Å². The molecule has 3 nitrogen and oxygen atoms in total. The monoisotopic (exact) mass is 215 g/mol. The van der Waals surface area contributed by atoms with Crippen LogP contribution >= 0.6 is 0 Å². The highest BCUT2D eigenvalue weighted by Gasteiger charge is 2.13. The van der Waals surface area contributed by atoms with Gasteiger partial charge in [-0.1, -0.05) is 13.3 Å². The van der Waals surface area contributed by atoms with Gasteiger partial charge < -0.3 is 15.2 Å². The van der Waals surface area contributed by atoms with E-state index in [0.29, 0.717) is 18.4 Å². The zero-order valence-electron chi connectivity index (χ0n) is 9.87. The molecule has 2 N–H and O–H groups in total. The Morgan fingerprint density at radius 2 is 2.40 bits per heavy atom. The van der Waals surface area contributed by atoms with E-state index < -0.39 is 0 Å². The van der Waals surface area contributed by atoms with Crippen molar-refractivity contribution >= 4 is 0 Å². The predicted molar refractivity (Wildman–Crippen MR) is 61.9 cm³/mol. The molecule has 3 heteroatoms. The molecule has 0 aromatic carbocycles.